The number of nitrogens with zero attached hydrogens (tertiary/aromatic N) is 5. The molecule has 2 aromatic carbocycles. The zero-order valence-electron chi connectivity index (χ0n) is 19.3. The van der Waals surface area contributed by atoms with Crippen LogP contribution in [-0.4, -0.2) is 60.7 Å². The van der Waals surface area contributed by atoms with Crippen LogP contribution in [0.4, 0.5) is 22.7 Å². The molecule has 1 aliphatic rings. The highest BCUT2D eigenvalue weighted by atomic mass is 16.6. The number of rotatable bonds is 8. The molecule has 1 amide bonds. The van der Waals surface area contributed by atoms with Crippen LogP contribution in [0.5, 0.6) is 0 Å². The molecular formula is C25H26N6O3. The Morgan fingerprint density at radius 3 is 2.53 bits per heavy atom. The number of fused-ring (bicyclic) bond motifs is 1. The molecule has 174 valence electrons. The third-order valence-electron chi connectivity index (χ3n) is 5.73. The van der Waals surface area contributed by atoms with E-state index < -0.39 is 10.8 Å². The number of hydrogen-bond acceptors (Lipinski definition) is 7. The van der Waals surface area contributed by atoms with E-state index in [9.17, 15) is 14.9 Å². The monoisotopic (exact) mass is 458 g/mol. The number of nitro benzene ring substituents is 1. The van der Waals surface area contributed by atoms with E-state index in [2.05, 4.69) is 20.1 Å². The van der Waals surface area contributed by atoms with E-state index in [0.717, 1.165) is 18.8 Å². The first-order chi connectivity index (χ1) is 16.3. The van der Waals surface area contributed by atoms with Gasteiger partial charge in [0.1, 0.15) is 5.92 Å². The molecule has 1 atom stereocenters. The molecule has 4 rings (SSSR count). The van der Waals surface area contributed by atoms with Gasteiger partial charge in [0.25, 0.3) is 5.69 Å². The number of hydrogen-bond donors (Lipinski definition) is 1. The topological polar surface area (TPSA) is 104 Å². The van der Waals surface area contributed by atoms with Gasteiger partial charge in [0.15, 0.2) is 0 Å². The number of pyridine rings is 1. The Bertz CT molecular complexity index is 1230. The Kier molecular flexibility index (Phi) is 6.65. The number of nitrogens with one attached hydrogen (secondary N) is 1. The lowest BCUT2D eigenvalue weighted by atomic mass is 9.91. The summed E-state index contributed by atoms with van der Waals surface area (Å²) in [5.41, 5.74) is 4.02. The molecule has 34 heavy (non-hydrogen) atoms. The van der Waals surface area contributed by atoms with Gasteiger partial charge in [-0.1, -0.05) is 6.07 Å². The Hall–Kier alpha value is -4.11. The molecule has 1 N–H and O–H groups in total. The largest absolute Gasteiger partial charge is 0.373 e. The van der Waals surface area contributed by atoms with Gasteiger partial charge in [0.05, 0.1) is 22.0 Å². The summed E-state index contributed by atoms with van der Waals surface area (Å²) in [5, 5.41) is 13.9. The number of non-ortho nitro benzene ring substituents is 1. The quantitative estimate of drug-likeness (QED) is 0.312. The molecule has 0 bridgehead atoms. The van der Waals surface area contributed by atoms with E-state index in [-0.39, 0.29) is 11.6 Å². The van der Waals surface area contributed by atoms with Crippen LogP contribution in [-0.2, 0) is 4.79 Å². The molecule has 0 saturated carbocycles. The first-order valence-electron chi connectivity index (χ1n) is 10.9. The number of amides is 1. The highest BCUT2D eigenvalue weighted by Crippen LogP contribution is 2.38. The lowest BCUT2D eigenvalue weighted by Crippen LogP contribution is -2.28. The first-order valence-corrected chi connectivity index (χ1v) is 10.9. The zero-order valence-corrected chi connectivity index (χ0v) is 19.3. The van der Waals surface area contributed by atoms with Crippen molar-refractivity contribution in [3.8, 4) is 0 Å². The van der Waals surface area contributed by atoms with Crippen molar-refractivity contribution in [1.82, 2.24) is 9.88 Å². The van der Waals surface area contributed by atoms with Crippen LogP contribution in [0.3, 0.4) is 0 Å². The number of likely N-dealkylation sites (N-methyl/N-ethyl adjacent to an activating group) is 2. The average Bonchev–Trinajstić information content (AvgIpc) is 3.16. The van der Waals surface area contributed by atoms with E-state index in [1.807, 2.05) is 51.5 Å². The van der Waals surface area contributed by atoms with Gasteiger partial charge in [0, 0.05) is 55.9 Å². The number of carbonyl (C=O) groups is 1. The van der Waals surface area contributed by atoms with E-state index in [1.165, 1.54) is 12.1 Å². The van der Waals surface area contributed by atoms with Crippen molar-refractivity contribution in [2.45, 2.75) is 5.92 Å². The third-order valence-corrected chi connectivity index (χ3v) is 5.73. The second-order valence-electron chi connectivity index (χ2n) is 8.43. The van der Waals surface area contributed by atoms with Crippen molar-refractivity contribution in [3.63, 3.8) is 0 Å². The fourth-order valence-electron chi connectivity index (χ4n) is 3.85. The molecule has 0 spiro atoms. The number of aromatic nitrogens is 1. The highest BCUT2D eigenvalue weighted by Gasteiger charge is 2.36. The van der Waals surface area contributed by atoms with Crippen LogP contribution in [0.1, 0.15) is 17.0 Å². The van der Waals surface area contributed by atoms with E-state index in [4.69, 9.17) is 4.99 Å². The van der Waals surface area contributed by atoms with Crippen molar-refractivity contribution in [3.05, 3.63) is 88.2 Å². The maximum Gasteiger partial charge on any atom is 0.271 e. The van der Waals surface area contributed by atoms with E-state index in [0.29, 0.717) is 28.2 Å². The van der Waals surface area contributed by atoms with Gasteiger partial charge < -0.3 is 15.1 Å². The summed E-state index contributed by atoms with van der Waals surface area (Å²) < 4.78 is 0. The molecule has 9 heteroatoms. The summed E-state index contributed by atoms with van der Waals surface area (Å²) in [4.78, 5) is 37.0. The molecule has 0 aliphatic carbocycles. The Morgan fingerprint density at radius 2 is 1.88 bits per heavy atom. The van der Waals surface area contributed by atoms with Gasteiger partial charge in [-0.25, -0.2) is 0 Å². The fourth-order valence-corrected chi connectivity index (χ4v) is 3.85. The molecule has 2 heterocycles. The van der Waals surface area contributed by atoms with Crippen LogP contribution >= 0.6 is 0 Å². The molecule has 1 aromatic heterocycles. The Balaban J connectivity index is 1.70. The van der Waals surface area contributed by atoms with Gasteiger partial charge in [-0.15, -0.1) is 0 Å². The van der Waals surface area contributed by atoms with Crippen molar-refractivity contribution in [2.75, 3.05) is 44.4 Å². The lowest BCUT2D eigenvalue weighted by Gasteiger charge is -2.21. The van der Waals surface area contributed by atoms with Crippen LogP contribution in [0.2, 0.25) is 0 Å². The van der Waals surface area contributed by atoms with Gasteiger partial charge in [-0.2, -0.15) is 0 Å². The van der Waals surface area contributed by atoms with Gasteiger partial charge >= 0.3 is 0 Å². The summed E-state index contributed by atoms with van der Waals surface area (Å²) in [6, 6.07) is 15.9. The highest BCUT2D eigenvalue weighted by molar-refractivity contribution is 6.24. The fraction of sp³-hybridized carbons (Fsp3) is 0.240. The van der Waals surface area contributed by atoms with Crippen molar-refractivity contribution in [2.24, 2.45) is 4.99 Å². The van der Waals surface area contributed by atoms with Crippen molar-refractivity contribution in [1.29, 1.82) is 0 Å². The number of carbonyl (C=O) groups excluding carboxylic acids is 1. The normalized spacial score (nSPS) is 15.2. The summed E-state index contributed by atoms with van der Waals surface area (Å²) in [6.07, 6.45) is 3.32. The smallest absolute Gasteiger partial charge is 0.271 e. The third kappa shape index (κ3) is 4.94. The van der Waals surface area contributed by atoms with Gasteiger partial charge in [0.2, 0.25) is 5.91 Å². The zero-order chi connectivity index (χ0) is 24.2. The average molecular weight is 459 g/mol. The predicted octanol–water partition coefficient (Wildman–Crippen LogP) is 3.84. The van der Waals surface area contributed by atoms with Crippen LogP contribution in [0, 0.1) is 10.1 Å². The number of aliphatic imine (C=N–C) groups is 1. The minimum Gasteiger partial charge on any atom is -0.373 e. The molecule has 1 aliphatic heterocycles. The van der Waals surface area contributed by atoms with Crippen LogP contribution in [0.25, 0.3) is 0 Å². The Morgan fingerprint density at radius 1 is 1.12 bits per heavy atom. The van der Waals surface area contributed by atoms with E-state index in [1.54, 1.807) is 24.5 Å². The second kappa shape index (κ2) is 9.80. The SMILES string of the molecule is CN(C)CCN(C)c1ccc(N=C(c2cccnc2)C2C(=O)Nc3cc([N+](=O)[O-])ccc32)cc1. The van der Waals surface area contributed by atoms with Crippen molar-refractivity contribution < 1.29 is 9.72 Å². The Labute approximate surface area is 197 Å². The predicted molar refractivity (Wildman–Crippen MR) is 133 cm³/mol. The van der Waals surface area contributed by atoms with Crippen LogP contribution < -0.4 is 10.2 Å². The molecule has 0 fully saturated rings. The van der Waals surface area contributed by atoms with Crippen molar-refractivity contribution >= 4 is 34.4 Å². The molecule has 9 nitrogen and oxygen atoms in total. The molecular weight excluding hydrogens is 432 g/mol. The summed E-state index contributed by atoms with van der Waals surface area (Å²) in [6.45, 7) is 1.83. The molecule has 0 saturated heterocycles. The number of nitro groups is 1. The maximum atomic E-state index is 13.0. The standard InChI is InChI=1S/C25H26N6O3/c1-29(2)13-14-30(3)19-8-6-18(7-9-19)27-24(17-5-4-12-26-16-17)23-21-11-10-20(31(33)34)15-22(21)28-25(23)32/h4-12,15-16,23H,13-14H2,1-3H3,(H,28,32). The summed E-state index contributed by atoms with van der Waals surface area (Å²) in [7, 11) is 6.13. The molecule has 0 radical (unpaired) electrons. The molecule has 1 unspecified atom stereocenters. The molecule has 3 aromatic rings. The minimum absolute atomic E-state index is 0.0754. The minimum atomic E-state index is -0.706. The number of anilines is 2. The lowest BCUT2D eigenvalue weighted by molar-refractivity contribution is -0.384. The summed E-state index contributed by atoms with van der Waals surface area (Å²) >= 11 is 0. The summed E-state index contributed by atoms with van der Waals surface area (Å²) in [5.74, 6) is -0.986. The van der Waals surface area contributed by atoms with E-state index >= 15 is 0 Å². The first kappa shape index (κ1) is 23.1. The van der Waals surface area contributed by atoms with Gasteiger partial charge in [-0.05, 0) is 56.1 Å². The maximum absolute atomic E-state index is 13.0. The second-order valence-corrected chi connectivity index (χ2v) is 8.43. The van der Waals surface area contributed by atoms with Gasteiger partial charge in [-0.3, -0.25) is 24.9 Å². The van der Waals surface area contributed by atoms with Crippen LogP contribution in [0.15, 0.2) is 72.0 Å². The number of benzene rings is 2.